The second kappa shape index (κ2) is 15.1. The molecular weight excluding hydrogens is 480 g/mol. The van der Waals surface area contributed by atoms with Gasteiger partial charge in [-0.3, -0.25) is 24.0 Å². The number of nitrogens with two attached hydrogens (primary N) is 2. The van der Waals surface area contributed by atoms with Crippen molar-refractivity contribution in [2.75, 3.05) is 19.6 Å². The van der Waals surface area contributed by atoms with Crippen molar-refractivity contribution in [2.24, 2.45) is 17.4 Å². The number of likely N-dealkylation sites (tertiary alicyclic amines) is 1. The number of carbonyl (C=O) groups is 4. The van der Waals surface area contributed by atoms with Gasteiger partial charge in [0.2, 0.25) is 29.9 Å². The van der Waals surface area contributed by atoms with Crippen LogP contribution in [0.2, 0.25) is 0 Å². The summed E-state index contributed by atoms with van der Waals surface area (Å²) in [4.78, 5) is 71.3. The van der Waals surface area contributed by atoms with Crippen LogP contribution in [-0.2, 0) is 30.4 Å². The lowest BCUT2D eigenvalue weighted by molar-refractivity contribution is -0.142. The molecule has 2 heterocycles. The first-order valence-corrected chi connectivity index (χ1v) is 12.7. The lowest BCUT2D eigenvalue weighted by Gasteiger charge is -2.30. The van der Waals surface area contributed by atoms with Crippen LogP contribution in [0.15, 0.2) is 12.5 Å². The van der Waals surface area contributed by atoms with Gasteiger partial charge in [0.25, 0.3) is 0 Å². The molecule has 0 unspecified atom stereocenters. The van der Waals surface area contributed by atoms with Gasteiger partial charge in [-0.1, -0.05) is 13.8 Å². The maximum Gasteiger partial charge on any atom is 0.245 e. The number of hydrogen-bond donors (Lipinski definition) is 6. The second-order valence-corrected chi connectivity index (χ2v) is 9.47. The third-order valence-corrected chi connectivity index (χ3v) is 6.30. The summed E-state index contributed by atoms with van der Waals surface area (Å²) in [5, 5.41) is 8.01. The molecule has 13 nitrogen and oxygen atoms in total. The molecular formula is C24H39N8O5. The highest BCUT2D eigenvalue weighted by Crippen LogP contribution is 2.20. The van der Waals surface area contributed by atoms with Crippen molar-refractivity contribution in [1.29, 1.82) is 0 Å². The first kappa shape index (κ1) is 29.9. The van der Waals surface area contributed by atoms with Gasteiger partial charge < -0.3 is 37.3 Å². The SMILES string of the molecule is CC(C)[C@@H]([C]=O)NC(=O)[C@@H]1CCCN1C(=O)[C@H](CCCCN)NC(=O)[C@H](Cc1c[nH]cn1)NC(=O)CN. The highest BCUT2D eigenvalue weighted by atomic mass is 16.2. The Morgan fingerprint density at radius 3 is 2.51 bits per heavy atom. The van der Waals surface area contributed by atoms with Gasteiger partial charge in [0.15, 0.2) is 0 Å². The number of rotatable bonds is 15. The number of nitrogens with zero attached hydrogens (tertiary/aromatic N) is 2. The van der Waals surface area contributed by atoms with E-state index in [0.717, 1.165) is 0 Å². The van der Waals surface area contributed by atoms with E-state index in [2.05, 4.69) is 25.9 Å². The van der Waals surface area contributed by atoms with E-state index in [1.165, 1.54) is 11.2 Å². The molecule has 0 aromatic carbocycles. The molecule has 1 radical (unpaired) electrons. The average Bonchev–Trinajstić information content (AvgIpc) is 3.57. The minimum atomic E-state index is -1.00. The Morgan fingerprint density at radius 2 is 1.92 bits per heavy atom. The Labute approximate surface area is 216 Å². The second-order valence-electron chi connectivity index (χ2n) is 9.47. The Bertz CT molecular complexity index is 907. The van der Waals surface area contributed by atoms with Crippen LogP contribution in [0.3, 0.4) is 0 Å². The fourth-order valence-electron chi connectivity index (χ4n) is 4.18. The van der Waals surface area contributed by atoms with Crippen molar-refractivity contribution in [3.05, 3.63) is 18.2 Å². The summed E-state index contributed by atoms with van der Waals surface area (Å²) in [5.74, 6) is -2.06. The van der Waals surface area contributed by atoms with Crippen molar-refractivity contribution in [2.45, 2.75) is 76.5 Å². The number of hydrogen-bond acceptors (Lipinski definition) is 8. The summed E-state index contributed by atoms with van der Waals surface area (Å²) in [6.45, 7) is 4.05. The predicted molar refractivity (Wildman–Crippen MR) is 135 cm³/mol. The van der Waals surface area contributed by atoms with Crippen LogP contribution < -0.4 is 27.4 Å². The first-order valence-electron chi connectivity index (χ1n) is 12.7. The van der Waals surface area contributed by atoms with Gasteiger partial charge in [-0.05, 0) is 44.6 Å². The highest BCUT2D eigenvalue weighted by Gasteiger charge is 2.39. The Morgan fingerprint density at radius 1 is 1.16 bits per heavy atom. The molecule has 1 saturated heterocycles. The Balaban J connectivity index is 2.19. The molecule has 0 bridgehead atoms. The van der Waals surface area contributed by atoms with Crippen LogP contribution in [0, 0.1) is 5.92 Å². The number of amides is 4. The molecule has 1 fully saturated rings. The Hall–Kier alpha value is -3.32. The lowest BCUT2D eigenvalue weighted by Crippen LogP contribution is -2.58. The first-order chi connectivity index (χ1) is 17.7. The molecule has 37 heavy (non-hydrogen) atoms. The molecule has 1 aliphatic rings. The van der Waals surface area contributed by atoms with Crippen molar-refractivity contribution in [3.63, 3.8) is 0 Å². The van der Waals surface area contributed by atoms with E-state index in [4.69, 9.17) is 11.5 Å². The maximum absolute atomic E-state index is 13.6. The van der Waals surface area contributed by atoms with Crippen molar-refractivity contribution < 1.29 is 24.0 Å². The number of H-pyrrole nitrogens is 1. The number of imidazole rings is 1. The third kappa shape index (κ3) is 8.93. The summed E-state index contributed by atoms with van der Waals surface area (Å²) in [5.41, 5.74) is 11.6. The molecule has 4 amide bonds. The van der Waals surface area contributed by atoms with Gasteiger partial charge >= 0.3 is 0 Å². The summed E-state index contributed by atoms with van der Waals surface area (Å²) in [7, 11) is 0. The predicted octanol–water partition coefficient (Wildman–Crippen LogP) is -1.75. The molecule has 205 valence electrons. The van der Waals surface area contributed by atoms with Crippen LogP contribution in [0.4, 0.5) is 0 Å². The van der Waals surface area contributed by atoms with Crippen LogP contribution in [0.25, 0.3) is 0 Å². The molecule has 1 aliphatic heterocycles. The third-order valence-electron chi connectivity index (χ3n) is 6.30. The number of aromatic amines is 1. The molecule has 0 spiro atoms. The van der Waals surface area contributed by atoms with Gasteiger partial charge in [-0.25, -0.2) is 4.98 Å². The minimum absolute atomic E-state index is 0.0956. The van der Waals surface area contributed by atoms with E-state index >= 15 is 0 Å². The van der Waals surface area contributed by atoms with E-state index in [1.807, 2.05) is 6.29 Å². The number of nitrogens with one attached hydrogen (secondary N) is 4. The number of unbranched alkanes of at least 4 members (excludes halogenated alkanes) is 1. The molecule has 0 aliphatic carbocycles. The van der Waals surface area contributed by atoms with Gasteiger partial charge in [-0.15, -0.1) is 0 Å². The highest BCUT2D eigenvalue weighted by molar-refractivity contribution is 5.95. The van der Waals surface area contributed by atoms with Crippen LogP contribution in [0.5, 0.6) is 0 Å². The quantitative estimate of drug-likeness (QED) is 0.146. The summed E-state index contributed by atoms with van der Waals surface area (Å²) < 4.78 is 0. The van der Waals surface area contributed by atoms with Gasteiger partial charge in [-0.2, -0.15) is 0 Å². The molecule has 1 aromatic heterocycles. The van der Waals surface area contributed by atoms with Crippen LogP contribution >= 0.6 is 0 Å². The zero-order chi connectivity index (χ0) is 27.4. The molecule has 13 heteroatoms. The van der Waals surface area contributed by atoms with Crippen molar-refractivity contribution in [1.82, 2.24) is 30.8 Å². The van der Waals surface area contributed by atoms with Crippen LogP contribution in [-0.4, -0.2) is 88.6 Å². The molecule has 0 saturated carbocycles. The van der Waals surface area contributed by atoms with Crippen molar-refractivity contribution in [3.8, 4) is 0 Å². The molecule has 4 atom stereocenters. The topological polar surface area (TPSA) is 205 Å². The average molecular weight is 520 g/mol. The van der Waals surface area contributed by atoms with Crippen molar-refractivity contribution >= 4 is 29.9 Å². The largest absolute Gasteiger partial charge is 0.351 e. The van der Waals surface area contributed by atoms with E-state index in [1.54, 1.807) is 20.0 Å². The molecule has 1 aromatic rings. The van der Waals surface area contributed by atoms with E-state index < -0.39 is 47.8 Å². The van der Waals surface area contributed by atoms with Gasteiger partial charge in [0, 0.05) is 19.2 Å². The van der Waals surface area contributed by atoms with E-state index in [0.29, 0.717) is 50.9 Å². The van der Waals surface area contributed by atoms with E-state index in [9.17, 15) is 24.0 Å². The number of aromatic nitrogens is 2. The summed E-state index contributed by atoms with van der Waals surface area (Å²) in [6.07, 6.45) is 7.57. The fourth-order valence-corrected chi connectivity index (χ4v) is 4.18. The molecule has 8 N–H and O–H groups in total. The zero-order valence-electron chi connectivity index (χ0n) is 21.5. The lowest BCUT2D eigenvalue weighted by atomic mass is 10.0. The molecule has 2 rings (SSSR count). The van der Waals surface area contributed by atoms with Gasteiger partial charge in [0.05, 0.1) is 24.6 Å². The zero-order valence-corrected chi connectivity index (χ0v) is 21.5. The normalized spacial score (nSPS) is 17.6. The fraction of sp³-hybridized carbons (Fsp3) is 0.667. The summed E-state index contributed by atoms with van der Waals surface area (Å²) >= 11 is 0. The minimum Gasteiger partial charge on any atom is -0.351 e. The summed E-state index contributed by atoms with van der Waals surface area (Å²) in [6, 6.07) is -3.47. The smallest absolute Gasteiger partial charge is 0.245 e. The van der Waals surface area contributed by atoms with Crippen LogP contribution in [0.1, 0.15) is 51.6 Å². The van der Waals surface area contributed by atoms with E-state index in [-0.39, 0.29) is 18.9 Å². The maximum atomic E-state index is 13.6. The standard InChI is InChI=1S/C24H39N8O5/c1-15(2)19(13-33)31-23(36)20-7-5-9-32(20)24(37)17(6-3-4-8-25)30-22(35)18(29-21(34)11-26)10-16-12-27-14-28-16/h12,14-15,17-20H,3-11,25-26H2,1-2H3,(H,27,28)(H,29,34)(H,30,35)(H,31,36)/t17-,18-,19+,20-/m0/s1. The Kier molecular flexibility index (Phi) is 12.2. The van der Waals surface area contributed by atoms with Gasteiger partial charge in [0.1, 0.15) is 18.1 Å². The monoisotopic (exact) mass is 519 g/mol. The number of carbonyl (C=O) groups excluding carboxylic acids is 5.